The number of benzene rings is 2. The fraction of sp³-hybridized carbons (Fsp3) is 0.278. The van der Waals surface area contributed by atoms with Gasteiger partial charge >= 0.3 is 6.36 Å². The highest BCUT2D eigenvalue weighted by molar-refractivity contribution is 7.89. The van der Waals surface area contributed by atoms with Gasteiger partial charge in [0.2, 0.25) is 15.9 Å². The number of primary sulfonamides is 1. The topological polar surface area (TPSA) is 98.5 Å². The molecule has 152 valence electrons. The predicted octanol–water partition coefficient (Wildman–Crippen LogP) is 2.52. The number of sulfonamides is 1. The second kappa shape index (κ2) is 9.07. The van der Waals surface area contributed by atoms with Crippen molar-refractivity contribution in [2.45, 2.75) is 30.5 Å². The van der Waals surface area contributed by atoms with Gasteiger partial charge in [0, 0.05) is 13.0 Å². The first-order valence-corrected chi connectivity index (χ1v) is 9.81. The smallest absolute Gasteiger partial charge is 0.406 e. The lowest BCUT2D eigenvalue weighted by atomic mass is 10.1. The zero-order chi connectivity index (χ0) is 20.8. The third kappa shape index (κ3) is 7.20. The normalized spacial score (nSPS) is 11.9. The van der Waals surface area contributed by atoms with E-state index in [1.54, 1.807) is 18.2 Å². The van der Waals surface area contributed by atoms with Gasteiger partial charge in [-0.05, 0) is 42.2 Å². The monoisotopic (exact) mass is 416 g/mol. The highest BCUT2D eigenvalue weighted by atomic mass is 32.2. The second-order valence-electron chi connectivity index (χ2n) is 5.94. The third-order valence-corrected chi connectivity index (χ3v) is 4.74. The van der Waals surface area contributed by atoms with E-state index in [-0.39, 0.29) is 35.0 Å². The van der Waals surface area contributed by atoms with Crippen molar-refractivity contribution in [3.63, 3.8) is 0 Å². The molecule has 0 aliphatic heterocycles. The Balaban J connectivity index is 1.81. The molecular weight excluding hydrogens is 397 g/mol. The lowest BCUT2D eigenvalue weighted by Crippen LogP contribution is -2.26. The van der Waals surface area contributed by atoms with Crippen LogP contribution in [0.3, 0.4) is 0 Å². The summed E-state index contributed by atoms with van der Waals surface area (Å²) in [7, 11) is -3.75. The minimum absolute atomic E-state index is 0.0000246. The second-order valence-corrected chi connectivity index (χ2v) is 7.51. The zero-order valence-corrected chi connectivity index (χ0v) is 15.5. The summed E-state index contributed by atoms with van der Waals surface area (Å²) in [6.45, 7) is 0.300. The van der Waals surface area contributed by atoms with Crippen LogP contribution in [-0.2, 0) is 27.7 Å². The number of nitrogens with one attached hydrogen (secondary N) is 1. The van der Waals surface area contributed by atoms with E-state index in [0.29, 0.717) is 13.0 Å². The Labute approximate surface area is 160 Å². The molecule has 0 fully saturated rings. The SMILES string of the molecule is NS(=O)(=O)c1ccc(CCNC(=O)CCc2ccccc2OC(F)(F)F)cc1. The van der Waals surface area contributed by atoms with Crippen LogP contribution in [0.25, 0.3) is 0 Å². The molecule has 2 rings (SSSR count). The van der Waals surface area contributed by atoms with Crippen molar-refractivity contribution in [1.29, 1.82) is 0 Å². The van der Waals surface area contributed by atoms with Crippen molar-refractivity contribution < 1.29 is 31.1 Å². The molecule has 28 heavy (non-hydrogen) atoms. The minimum Gasteiger partial charge on any atom is -0.406 e. The molecule has 0 saturated carbocycles. The van der Waals surface area contributed by atoms with Crippen LogP contribution in [0.5, 0.6) is 5.75 Å². The number of rotatable bonds is 8. The van der Waals surface area contributed by atoms with Crippen LogP contribution in [0.15, 0.2) is 53.4 Å². The molecule has 0 unspecified atom stereocenters. The maximum Gasteiger partial charge on any atom is 0.573 e. The molecule has 0 aliphatic rings. The number of halogens is 3. The standard InChI is InChI=1S/C18H19F3N2O4S/c19-18(20,21)27-16-4-2-1-3-14(16)7-10-17(24)23-12-11-13-5-8-15(9-6-13)28(22,25)26/h1-6,8-9H,7,10-12H2,(H,23,24)(H2,22,25,26). The molecular formula is C18H19F3N2O4S. The van der Waals surface area contributed by atoms with E-state index in [2.05, 4.69) is 10.1 Å². The van der Waals surface area contributed by atoms with Crippen LogP contribution >= 0.6 is 0 Å². The number of ether oxygens (including phenoxy) is 1. The lowest BCUT2D eigenvalue weighted by molar-refractivity contribution is -0.274. The number of nitrogens with two attached hydrogens (primary N) is 1. The molecule has 6 nitrogen and oxygen atoms in total. The maximum absolute atomic E-state index is 12.4. The quantitative estimate of drug-likeness (QED) is 0.691. The van der Waals surface area contributed by atoms with Crippen LogP contribution in [0.4, 0.5) is 13.2 Å². The summed E-state index contributed by atoms with van der Waals surface area (Å²) in [5.74, 6) is -0.638. The van der Waals surface area contributed by atoms with Gasteiger partial charge in [-0.2, -0.15) is 0 Å². The molecule has 3 N–H and O–H groups in total. The Bertz CT molecular complexity index is 913. The predicted molar refractivity (Wildman–Crippen MR) is 96.0 cm³/mol. The Kier molecular flexibility index (Phi) is 7.03. The van der Waals surface area contributed by atoms with E-state index >= 15 is 0 Å². The van der Waals surface area contributed by atoms with Gasteiger partial charge in [0.1, 0.15) is 5.75 Å². The minimum atomic E-state index is -4.79. The largest absolute Gasteiger partial charge is 0.573 e. The van der Waals surface area contributed by atoms with Gasteiger partial charge in [-0.25, -0.2) is 13.6 Å². The van der Waals surface area contributed by atoms with Gasteiger partial charge in [0.25, 0.3) is 0 Å². The molecule has 0 radical (unpaired) electrons. The molecule has 2 aromatic carbocycles. The van der Waals surface area contributed by atoms with Crippen LogP contribution < -0.4 is 15.2 Å². The molecule has 10 heteroatoms. The Morgan fingerprint density at radius 2 is 1.68 bits per heavy atom. The molecule has 0 saturated heterocycles. The van der Waals surface area contributed by atoms with Gasteiger partial charge in [0.05, 0.1) is 4.90 Å². The zero-order valence-electron chi connectivity index (χ0n) is 14.7. The molecule has 0 atom stereocenters. The summed E-state index contributed by atoms with van der Waals surface area (Å²) in [5.41, 5.74) is 1.09. The van der Waals surface area contributed by atoms with Crippen LogP contribution in [0, 0.1) is 0 Å². The number of carbonyl (C=O) groups excluding carboxylic acids is 1. The van der Waals surface area contributed by atoms with E-state index in [1.165, 1.54) is 30.3 Å². The first-order valence-electron chi connectivity index (χ1n) is 8.27. The molecule has 0 aliphatic carbocycles. The lowest BCUT2D eigenvalue weighted by Gasteiger charge is -2.13. The maximum atomic E-state index is 12.4. The summed E-state index contributed by atoms with van der Waals surface area (Å²) >= 11 is 0. The molecule has 0 spiro atoms. The van der Waals surface area contributed by atoms with Crippen LogP contribution in [0.1, 0.15) is 17.5 Å². The highest BCUT2D eigenvalue weighted by Gasteiger charge is 2.31. The molecule has 1 amide bonds. The van der Waals surface area contributed by atoms with Crippen molar-refractivity contribution in [3.05, 3.63) is 59.7 Å². The van der Waals surface area contributed by atoms with Crippen molar-refractivity contribution in [2.75, 3.05) is 6.54 Å². The first kappa shape index (κ1) is 21.7. The van der Waals surface area contributed by atoms with E-state index in [9.17, 15) is 26.4 Å². The molecule has 2 aromatic rings. The highest BCUT2D eigenvalue weighted by Crippen LogP contribution is 2.26. The van der Waals surface area contributed by atoms with Crippen LogP contribution in [0.2, 0.25) is 0 Å². The summed E-state index contributed by atoms with van der Waals surface area (Å²) in [6, 6.07) is 11.6. The number of carbonyl (C=O) groups is 1. The molecule has 0 heterocycles. The fourth-order valence-electron chi connectivity index (χ4n) is 2.46. The average Bonchev–Trinajstić information content (AvgIpc) is 2.59. The van der Waals surface area contributed by atoms with Crippen molar-refractivity contribution >= 4 is 15.9 Å². The van der Waals surface area contributed by atoms with E-state index < -0.39 is 16.4 Å². The number of aryl methyl sites for hydroxylation is 1. The number of hydrogen-bond acceptors (Lipinski definition) is 4. The van der Waals surface area contributed by atoms with Crippen molar-refractivity contribution in [1.82, 2.24) is 5.32 Å². The number of hydrogen-bond donors (Lipinski definition) is 2. The summed E-state index contributed by atoms with van der Waals surface area (Å²) < 4.78 is 63.5. The van der Waals surface area contributed by atoms with Gasteiger partial charge in [-0.1, -0.05) is 30.3 Å². The number of amides is 1. The fourth-order valence-corrected chi connectivity index (χ4v) is 2.98. The Morgan fingerprint density at radius 3 is 2.29 bits per heavy atom. The van der Waals surface area contributed by atoms with Gasteiger partial charge in [-0.3, -0.25) is 4.79 Å². The van der Waals surface area contributed by atoms with Crippen LogP contribution in [-0.4, -0.2) is 27.2 Å². The van der Waals surface area contributed by atoms with Crippen molar-refractivity contribution in [2.24, 2.45) is 5.14 Å². The van der Waals surface area contributed by atoms with E-state index in [0.717, 1.165) is 5.56 Å². The molecule has 0 aromatic heterocycles. The first-order chi connectivity index (χ1) is 13.0. The average molecular weight is 416 g/mol. The van der Waals surface area contributed by atoms with Gasteiger partial charge < -0.3 is 10.1 Å². The van der Waals surface area contributed by atoms with E-state index in [4.69, 9.17) is 5.14 Å². The summed E-state index contributed by atoms with van der Waals surface area (Å²) in [5, 5.41) is 7.69. The molecule has 0 bridgehead atoms. The van der Waals surface area contributed by atoms with Crippen molar-refractivity contribution in [3.8, 4) is 5.75 Å². The van der Waals surface area contributed by atoms with E-state index in [1.807, 2.05) is 0 Å². The number of para-hydroxylation sites is 1. The van der Waals surface area contributed by atoms with Gasteiger partial charge in [0.15, 0.2) is 0 Å². The summed E-state index contributed by atoms with van der Waals surface area (Å²) in [6.07, 6.45) is -4.23. The Morgan fingerprint density at radius 1 is 1.04 bits per heavy atom. The summed E-state index contributed by atoms with van der Waals surface area (Å²) in [4.78, 5) is 11.9. The Hall–Kier alpha value is -2.59. The number of alkyl halides is 3. The van der Waals surface area contributed by atoms with Gasteiger partial charge in [-0.15, -0.1) is 13.2 Å². The third-order valence-electron chi connectivity index (χ3n) is 3.81.